The van der Waals surface area contributed by atoms with Crippen LogP contribution in [0.25, 0.3) is 11.2 Å². The molecule has 10 nitrogen and oxygen atoms in total. The Kier molecular flexibility index (Phi) is 4.12. The van der Waals surface area contributed by atoms with E-state index in [9.17, 15) is 5.11 Å². The number of ether oxygens (including phenoxy) is 4. The number of aliphatic hydroxyl groups is 1. The number of aromatic nitrogens is 4. The molecule has 2 aromatic heterocycles. The predicted molar refractivity (Wildman–Crippen MR) is 89.9 cm³/mol. The van der Waals surface area contributed by atoms with E-state index in [-0.39, 0.29) is 25.5 Å². The summed E-state index contributed by atoms with van der Waals surface area (Å²) in [6, 6.07) is -0.260. The number of nitrogens with two attached hydrogens (primary N) is 1. The molecule has 0 saturated heterocycles. The molecular weight excluding hydrogens is 342 g/mol. The first-order chi connectivity index (χ1) is 12.5. The summed E-state index contributed by atoms with van der Waals surface area (Å²) in [4.78, 5) is 12.7. The van der Waals surface area contributed by atoms with Gasteiger partial charge in [0.1, 0.15) is 37.1 Å². The van der Waals surface area contributed by atoms with Gasteiger partial charge < -0.3 is 34.4 Å². The molecule has 1 unspecified atom stereocenters. The average molecular weight is 365 g/mol. The van der Waals surface area contributed by atoms with Crippen molar-refractivity contribution in [1.82, 2.24) is 19.5 Å². The van der Waals surface area contributed by atoms with Gasteiger partial charge in [-0.05, 0) is 13.3 Å². The zero-order chi connectivity index (χ0) is 18.5. The summed E-state index contributed by atoms with van der Waals surface area (Å²) in [6.07, 6.45) is 3.07. The second-order valence-electron chi connectivity index (χ2n) is 7.02. The first kappa shape index (κ1) is 17.6. The number of rotatable bonds is 7. The maximum absolute atomic E-state index is 11.1. The Labute approximate surface area is 150 Å². The predicted octanol–water partition coefficient (Wildman–Crippen LogP) is 0.0825. The summed E-state index contributed by atoms with van der Waals surface area (Å²) in [5.41, 5.74) is 5.15. The minimum atomic E-state index is -0.999. The molecule has 0 amide bonds. The molecule has 0 bridgehead atoms. The van der Waals surface area contributed by atoms with Crippen LogP contribution in [0.2, 0.25) is 0 Å². The van der Waals surface area contributed by atoms with Gasteiger partial charge in [0.15, 0.2) is 11.5 Å². The standard InChI is InChI=1S/C16H23N5O5/c1-15(26-8-24-3)11(9-4-16(9,22)14(15)25-7-23-2)21-6-20-10-12(17)18-5-19-13(10)21/h5-6,9,11,14,22H,4,7-8H2,1-3H3,(H2,17,18,19)/t9-,11-,14?,15+,16+/m1/s1. The minimum Gasteiger partial charge on any atom is -0.387 e. The summed E-state index contributed by atoms with van der Waals surface area (Å²) < 4.78 is 23.9. The monoisotopic (exact) mass is 365 g/mol. The molecule has 0 spiro atoms. The first-order valence-corrected chi connectivity index (χ1v) is 8.36. The maximum Gasteiger partial charge on any atom is 0.165 e. The highest BCUT2D eigenvalue weighted by molar-refractivity contribution is 5.81. The van der Waals surface area contributed by atoms with E-state index in [1.165, 1.54) is 13.4 Å². The number of nitrogens with zero attached hydrogens (tertiary/aromatic N) is 4. The van der Waals surface area contributed by atoms with Gasteiger partial charge in [-0.3, -0.25) is 0 Å². The van der Waals surface area contributed by atoms with E-state index < -0.39 is 17.3 Å². The van der Waals surface area contributed by atoms with Gasteiger partial charge in [0, 0.05) is 20.1 Å². The molecule has 10 heteroatoms. The van der Waals surface area contributed by atoms with Crippen molar-refractivity contribution >= 4 is 17.0 Å². The van der Waals surface area contributed by atoms with Crippen LogP contribution in [-0.4, -0.2) is 69.7 Å². The van der Waals surface area contributed by atoms with Gasteiger partial charge in [-0.1, -0.05) is 0 Å². The second kappa shape index (κ2) is 6.10. The fourth-order valence-corrected chi connectivity index (χ4v) is 4.37. The van der Waals surface area contributed by atoms with Gasteiger partial charge >= 0.3 is 0 Å². The molecule has 5 atom stereocenters. The fourth-order valence-electron chi connectivity index (χ4n) is 4.37. The van der Waals surface area contributed by atoms with Crippen LogP contribution in [0.3, 0.4) is 0 Å². The van der Waals surface area contributed by atoms with Crippen LogP contribution >= 0.6 is 0 Å². The van der Waals surface area contributed by atoms with Crippen LogP contribution in [0.1, 0.15) is 19.4 Å². The summed E-state index contributed by atoms with van der Waals surface area (Å²) in [6.45, 7) is 2.02. The van der Waals surface area contributed by atoms with Crippen molar-refractivity contribution in [3.05, 3.63) is 12.7 Å². The van der Waals surface area contributed by atoms with Gasteiger partial charge in [-0.25, -0.2) is 15.0 Å². The first-order valence-electron chi connectivity index (χ1n) is 8.36. The molecule has 26 heavy (non-hydrogen) atoms. The van der Waals surface area contributed by atoms with Gasteiger partial charge in [-0.2, -0.15) is 0 Å². The molecule has 2 saturated carbocycles. The fraction of sp³-hybridized carbons (Fsp3) is 0.688. The highest BCUT2D eigenvalue weighted by Crippen LogP contribution is 2.66. The van der Waals surface area contributed by atoms with E-state index in [2.05, 4.69) is 15.0 Å². The van der Waals surface area contributed by atoms with Crippen molar-refractivity contribution < 1.29 is 24.1 Å². The van der Waals surface area contributed by atoms with Crippen molar-refractivity contribution in [2.75, 3.05) is 33.5 Å². The molecule has 2 aromatic rings. The molecular formula is C16H23N5O5. The molecule has 0 aliphatic heterocycles. The van der Waals surface area contributed by atoms with E-state index >= 15 is 0 Å². The van der Waals surface area contributed by atoms with Crippen LogP contribution in [0.5, 0.6) is 0 Å². The van der Waals surface area contributed by atoms with Crippen LogP contribution < -0.4 is 5.73 Å². The van der Waals surface area contributed by atoms with Crippen LogP contribution in [-0.2, 0) is 18.9 Å². The topological polar surface area (TPSA) is 127 Å². The van der Waals surface area contributed by atoms with E-state index in [1.54, 1.807) is 13.4 Å². The van der Waals surface area contributed by atoms with Crippen molar-refractivity contribution in [3.63, 3.8) is 0 Å². The Morgan fingerprint density at radius 2 is 2.04 bits per heavy atom. The molecule has 2 aliphatic rings. The molecule has 2 heterocycles. The molecule has 3 N–H and O–H groups in total. The third kappa shape index (κ3) is 2.33. The van der Waals surface area contributed by atoms with Gasteiger partial charge in [0.25, 0.3) is 0 Å². The molecule has 142 valence electrons. The van der Waals surface area contributed by atoms with Gasteiger partial charge in [0.2, 0.25) is 0 Å². The number of fused-ring (bicyclic) bond motifs is 2. The number of anilines is 1. The number of methoxy groups -OCH3 is 2. The molecule has 0 radical (unpaired) electrons. The van der Waals surface area contributed by atoms with Crippen molar-refractivity contribution in [1.29, 1.82) is 0 Å². The van der Waals surface area contributed by atoms with E-state index in [4.69, 9.17) is 24.7 Å². The van der Waals surface area contributed by atoms with Crippen molar-refractivity contribution in [3.8, 4) is 0 Å². The average Bonchev–Trinajstić information content (AvgIpc) is 3.01. The van der Waals surface area contributed by atoms with Crippen molar-refractivity contribution in [2.45, 2.75) is 36.7 Å². The Balaban J connectivity index is 1.79. The summed E-state index contributed by atoms with van der Waals surface area (Å²) >= 11 is 0. The van der Waals surface area contributed by atoms with Gasteiger partial charge in [0.05, 0.1) is 18.0 Å². The van der Waals surface area contributed by atoms with Gasteiger partial charge in [-0.15, -0.1) is 0 Å². The molecule has 2 fully saturated rings. The minimum absolute atomic E-state index is 0.0537. The smallest absolute Gasteiger partial charge is 0.165 e. The number of imidazole rings is 1. The molecule has 0 aromatic carbocycles. The number of nitrogen functional groups attached to an aromatic ring is 1. The van der Waals surface area contributed by atoms with E-state index in [1.807, 2.05) is 11.5 Å². The summed E-state index contributed by atoms with van der Waals surface area (Å²) in [7, 11) is 3.09. The Hall–Kier alpha value is -1.85. The van der Waals surface area contributed by atoms with E-state index in [0.717, 1.165) is 0 Å². The zero-order valence-electron chi connectivity index (χ0n) is 15.0. The second-order valence-corrected chi connectivity index (χ2v) is 7.02. The lowest BCUT2D eigenvalue weighted by molar-refractivity contribution is -0.226. The Morgan fingerprint density at radius 1 is 1.27 bits per heavy atom. The molecule has 2 aliphatic carbocycles. The third-order valence-electron chi connectivity index (χ3n) is 5.50. The number of hydrogen-bond acceptors (Lipinski definition) is 9. The maximum atomic E-state index is 11.1. The molecule has 4 rings (SSSR count). The summed E-state index contributed by atoms with van der Waals surface area (Å²) in [5, 5.41) is 11.1. The highest BCUT2D eigenvalue weighted by Gasteiger charge is 2.77. The van der Waals surface area contributed by atoms with E-state index in [0.29, 0.717) is 23.4 Å². The largest absolute Gasteiger partial charge is 0.387 e. The lowest BCUT2D eigenvalue weighted by atomic mass is 9.91. The Bertz CT molecular complexity index is 815. The summed E-state index contributed by atoms with van der Waals surface area (Å²) in [5.74, 6) is 0.240. The van der Waals surface area contributed by atoms with Crippen LogP contribution in [0, 0.1) is 5.92 Å². The highest BCUT2D eigenvalue weighted by atomic mass is 16.7. The van der Waals surface area contributed by atoms with Crippen LogP contribution in [0.4, 0.5) is 5.82 Å². The third-order valence-corrected chi connectivity index (χ3v) is 5.50. The lowest BCUT2D eigenvalue weighted by Crippen LogP contribution is -2.51. The lowest BCUT2D eigenvalue weighted by Gasteiger charge is -2.39. The quantitative estimate of drug-likeness (QED) is 0.656. The zero-order valence-corrected chi connectivity index (χ0v) is 15.0. The number of hydrogen-bond donors (Lipinski definition) is 2. The Morgan fingerprint density at radius 3 is 2.77 bits per heavy atom. The SMILES string of the molecule is COCOC1[C@]2(O)C[C@@H]2[C@@H](n2cnc3c(N)ncnc32)[C@]1(C)OCOC. The van der Waals surface area contributed by atoms with Crippen LogP contribution in [0.15, 0.2) is 12.7 Å². The normalized spacial score (nSPS) is 35.8. The van der Waals surface area contributed by atoms with Crippen molar-refractivity contribution in [2.24, 2.45) is 5.92 Å².